The van der Waals surface area contributed by atoms with Crippen molar-refractivity contribution in [2.24, 2.45) is 0 Å². The molecule has 0 fully saturated rings. The SMILES string of the molecule is CC(C)(CO)c1[nH]ncc1C(=O)O. The number of nitrogens with zero attached hydrogens (tertiary/aromatic N) is 1. The van der Waals surface area contributed by atoms with Crippen molar-refractivity contribution in [2.45, 2.75) is 19.3 Å². The molecule has 13 heavy (non-hydrogen) atoms. The van der Waals surface area contributed by atoms with Gasteiger partial charge < -0.3 is 10.2 Å². The van der Waals surface area contributed by atoms with Crippen LogP contribution < -0.4 is 0 Å². The first-order valence-corrected chi connectivity index (χ1v) is 3.87. The third-order valence-electron chi connectivity index (χ3n) is 1.94. The monoisotopic (exact) mass is 184 g/mol. The maximum atomic E-state index is 10.7. The van der Waals surface area contributed by atoms with E-state index in [0.29, 0.717) is 5.69 Å². The van der Waals surface area contributed by atoms with Crippen LogP contribution in [0, 0.1) is 0 Å². The molecular weight excluding hydrogens is 172 g/mol. The summed E-state index contributed by atoms with van der Waals surface area (Å²) < 4.78 is 0. The van der Waals surface area contributed by atoms with Gasteiger partial charge in [0.2, 0.25) is 0 Å². The zero-order valence-electron chi connectivity index (χ0n) is 7.53. The Morgan fingerprint density at radius 3 is 2.77 bits per heavy atom. The molecule has 1 heterocycles. The Morgan fingerprint density at radius 1 is 1.69 bits per heavy atom. The molecule has 0 aliphatic heterocycles. The smallest absolute Gasteiger partial charge is 0.339 e. The molecule has 0 aliphatic rings. The van der Waals surface area contributed by atoms with Crippen LogP contribution in [0.5, 0.6) is 0 Å². The second kappa shape index (κ2) is 3.18. The van der Waals surface area contributed by atoms with E-state index in [4.69, 9.17) is 10.2 Å². The number of hydrogen-bond acceptors (Lipinski definition) is 3. The van der Waals surface area contributed by atoms with Crippen LogP contribution in [0.4, 0.5) is 0 Å². The van der Waals surface area contributed by atoms with Crippen molar-refractivity contribution in [3.63, 3.8) is 0 Å². The zero-order valence-corrected chi connectivity index (χ0v) is 7.53. The van der Waals surface area contributed by atoms with Crippen molar-refractivity contribution < 1.29 is 15.0 Å². The van der Waals surface area contributed by atoms with Crippen molar-refractivity contribution in [3.8, 4) is 0 Å². The summed E-state index contributed by atoms with van der Waals surface area (Å²) in [4.78, 5) is 10.7. The van der Waals surface area contributed by atoms with Gasteiger partial charge in [0.1, 0.15) is 5.56 Å². The number of aliphatic hydroxyl groups excluding tert-OH is 1. The standard InChI is InChI=1S/C8H12N2O3/c1-8(2,4-11)6-5(7(12)13)3-9-10-6/h3,11H,4H2,1-2H3,(H,9,10)(H,12,13). The maximum absolute atomic E-state index is 10.7. The summed E-state index contributed by atoms with van der Waals surface area (Å²) in [5.41, 5.74) is -0.0499. The molecule has 0 unspecified atom stereocenters. The number of rotatable bonds is 3. The highest BCUT2D eigenvalue weighted by Gasteiger charge is 2.27. The second-order valence-corrected chi connectivity index (χ2v) is 3.51. The first-order chi connectivity index (χ1) is 5.99. The van der Waals surface area contributed by atoms with Crippen LogP contribution in [0.2, 0.25) is 0 Å². The molecular formula is C8H12N2O3. The number of aromatic amines is 1. The van der Waals surface area contributed by atoms with Crippen molar-refractivity contribution >= 4 is 5.97 Å². The minimum absolute atomic E-state index is 0.110. The van der Waals surface area contributed by atoms with Crippen molar-refractivity contribution in [1.29, 1.82) is 0 Å². The fourth-order valence-electron chi connectivity index (χ4n) is 1.04. The van der Waals surface area contributed by atoms with Gasteiger partial charge in [-0.1, -0.05) is 13.8 Å². The quantitative estimate of drug-likeness (QED) is 0.633. The molecule has 0 saturated heterocycles. The highest BCUT2D eigenvalue weighted by Crippen LogP contribution is 2.23. The summed E-state index contributed by atoms with van der Waals surface area (Å²) in [6.45, 7) is 3.36. The minimum atomic E-state index is -1.04. The molecule has 0 atom stereocenters. The van der Waals surface area contributed by atoms with Gasteiger partial charge in [-0.15, -0.1) is 0 Å². The fourth-order valence-corrected chi connectivity index (χ4v) is 1.04. The molecule has 1 aromatic heterocycles. The molecule has 1 rings (SSSR count). The van der Waals surface area contributed by atoms with Gasteiger partial charge in [0.15, 0.2) is 0 Å². The fraction of sp³-hybridized carbons (Fsp3) is 0.500. The van der Waals surface area contributed by atoms with Crippen LogP contribution in [-0.2, 0) is 5.41 Å². The van der Waals surface area contributed by atoms with E-state index in [9.17, 15) is 4.79 Å². The highest BCUT2D eigenvalue weighted by atomic mass is 16.4. The molecule has 5 heteroatoms. The topological polar surface area (TPSA) is 86.2 Å². The van der Waals surface area contributed by atoms with Crippen LogP contribution in [0.15, 0.2) is 6.20 Å². The largest absolute Gasteiger partial charge is 0.478 e. The molecule has 1 aromatic rings. The van der Waals surface area contributed by atoms with Crippen molar-refractivity contribution in [3.05, 3.63) is 17.5 Å². The van der Waals surface area contributed by atoms with E-state index >= 15 is 0 Å². The van der Waals surface area contributed by atoms with Crippen LogP contribution in [-0.4, -0.2) is 33.0 Å². The molecule has 0 aromatic carbocycles. The van der Waals surface area contributed by atoms with E-state index in [1.807, 2.05) is 0 Å². The molecule has 0 saturated carbocycles. The molecule has 0 amide bonds. The lowest BCUT2D eigenvalue weighted by atomic mass is 9.88. The first kappa shape index (κ1) is 9.73. The normalized spacial score (nSPS) is 11.6. The molecule has 0 bridgehead atoms. The van der Waals surface area contributed by atoms with Crippen molar-refractivity contribution in [1.82, 2.24) is 10.2 Å². The van der Waals surface area contributed by atoms with Crippen molar-refractivity contribution in [2.75, 3.05) is 6.61 Å². The van der Waals surface area contributed by atoms with Crippen LogP contribution in [0.3, 0.4) is 0 Å². The van der Waals surface area contributed by atoms with E-state index < -0.39 is 11.4 Å². The number of hydrogen-bond donors (Lipinski definition) is 3. The summed E-state index contributed by atoms with van der Waals surface area (Å²) in [6.07, 6.45) is 1.25. The number of nitrogens with one attached hydrogen (secondary N) is 1. The van der Waals surface area contributed by atoms with Gasteiger partial charge in [-0.25, -0.2) is 4.79 Å². The average Bonchev–Trinajstić information content (AvgIpc) is 2.52. The van der Waals surface area contributed by atoms with Gasteiger partial charge in [0.05, 0.1) is 18.5 Å². The number of carbonyl (C=O) groups is 1. The summed E-state index contributed by atoms with van der Waals surface area (Å²) in [6, 6.07) is 0. The highest BCUT2D eigenvalue weighted by molar-refractivity contribution is 5.88. The lowest BCUT2D eigenvalue weighted by Gasteiger charge is -2.20. The Bertz CT molecular complexity index is 317. The Morgan fingerprint density at radius 2 is 2.31 bits per heavy atom. The Labute approximate surface area is 75.4 Å². The lowest BCUT2D eigenvalue weighted by molar-refractivity contribution is 0.0693. The zero-order chi connectivity index (χ0) is 10.1. The van der Waals surface area contributed by atoms with Crippen LogP contribution in [0.1, 0.15) is 29.9 Å². The van der Waals surface area contributed by atoms with E-state index in [-0.39, 0.29) is 12.2 Å². The van der Waals surface area contributed by atoms with Gasteiger partial charge >= 0.3 is 5.97 Å². The number of H-pyrrole nitrogens is 1. The summed E-state index contributed by atoms with van der Waals surface area (Å²) in [5.74, 6) is -1.04. The molecule has 3 N–H and O–H groups in total. The first-order valence-electron chi connectivity index (χ1n) is 3.87. The van der Waals surface area contributed by atoms with Crippen LogP contribution >= 0.6 is 0 Å². The summed E-state index contributed by atoms with van der Waals surface area (Å²) >= 11 is 0. The Kier molecular flexibility index (Phi) is 2.38. The number of carboxylic acids is 1. The molecule has 72 valence electrons. The average molecular weight is 184 g/mol. The summed E-state index contributed by atoms with van der Waals surface area (Å²) in [7, 11) is 0. The van der Waals surface area contributed by atoms with Gasteiger partial charge in [-0.3, -0.25) is 5.10 Å². The molecule has 0 aliphatic carbocycles. The Hall–Kier alpha value is -1.36. The lowest BCUT2D eigenvalue weighted by Crippen LogP contribution is -2.25. The molecule has 0 spiro atoms. The number of aromatic nitrogens is 2. The van der Waals surface area contributed by atoms with Gasteiger partial charge in [0, 0.05) is 5.41 Å². The number of carboxylic acid groups (broad SMARTS) is 1. The van der Waals surface area contributed by atoms with E-state index in [2.05, 4.69) is 10.2 Å². The van der Waals surface area contributed by atoms with Gasteiger partial charge in [-0.05, 0) is 0 Å². The second-order valence-electron chi connectivity index (χ2n) is 3.51. The number of aromatic carboxylic acids is 1. The Balaban J connectivity index is 3.14. The molecule has 0 radical (unpaired) electrons. The van der Waals surface area contributed by atoms with Gasteiger partial charge in [0.25, 0.3) is 0 Å². The minimum Gasteiger partial charge on any atom is -0.478 e. The van der Waals surface area contributed by atoms with E-state index in [1.54, 1.807) is 13.8 Å². The van der Waals surface area contributed by atoms with E-state index in [0.717, 1.165) is 0 Å². The predicted octanol–water partition coefficient (Wildman–Crippen LogP) is 0.378. The molecule has 5 nitrogen and oxygen atoms in total. The predicted molar refractivity (Wildman–Crippen MR) is 45.7 cm³/mol. The number of aliphatic hydroxyl groups is 1. The summed E-state index contributed by atoms with van der Waals surface area (Å²) in [5, 5.41) is 24.0. The van der Waals surface area contributed by atoms with Crippen LogP contribution in [0.25, 0.3) is 0 Å². The third kappa shape index (κ3) is 1.70. The van der Waals surface area contributed by atoms with Gasteiger partial charge in [-0.2, -0.15) is 5.10 Å². The third-order valence-corrected chi connectivity index (χ3v) is 1.94. The van der Waals surface area contributed by atoms with E-state index in [1.165, 1.54) is 6.20 Å². The maximum Gasteiger partial charge on any atom is 0.339 e.